The van der Waals surface area contributed by atoms with Crippen LogP contribution in [0.2, 0.25) is 0 Å². The molecule has 31 heavy (non-hydrogen) atoms. The Labute approximate surface area is 188 Å². The van der Waals surface area contributed by atoms with Gasteiger partial charge in [-0.05, 0) is 43.6 Å². The number of Topliss-reactive ketones (excluding diaryl/α,β-unsaturated/α-hetero) is 1. The van der Waals surface area contributed by atoms with Crippen molar-refractivity contribution in [3.63, 3.8) is 0 Å². The molecule has 0 fully saturated rings. The molecule has 162 valence electrons. The van der Waals surface area contributed by atoms with E-state index in [0.29, 0.717) is 15.2 Å². The van der Waals surface area contributed by atoms with E-state index in [1.807, 2.05) is 36.4 Å². The summed E-state index contributed by atoms with van der Waals surface area (Å²) in [5.41, 5.74) is 4.51. The maximum Gasteiger partial charge on any atom is 0.160 e. The van der Waals surface area contributed by atoms with Crippen molar-refractivity contribution in [2.75, 3.05) is 0 Å². The van der Waals surface area contributed by atoms with Crippen LogP contribution in [0.15, 0.2) is 72.8 Å². The molecular formula is C28H33O2P. The van der Waals surface area contributed by atoms with E-state index in [-0.39, 0.29) is 10.9 Å². The molecular weight excluding hydrogens is 399 g/mol. The number of benzene rings is 3. The fourth-order valence-electron chi connectivity index (χ4n) is 4.18. The number of hydrogen-bond acceptors (Lipinski definition) is 2. The van der Waals surface area contributed by atoms with E-state index in [1.54, 1.807) is 6.92 Å². The van der Waals surface area contributed by atoms with Crippen LogP contribution in [0.1, 0.15) is 67.1 Å². The molecule has 0 amide bonds. The lowest BCUT2D eigenvalue weighted by atomic mass is 9.89. The molecule has 0 spiro atoms. The van der Waals surface area contributed by atoms with Gasteiger partial charge in [0.15, 0.2) is 5.78 Å². The number of aryl methyl sites for hydroxylation is 1. The summed E-state index contributed by atoms with van der Waals surface area (Å²) in [5.74, 6) is 1.09. The van der Waals surface area contributed by atoms with Gasteiger partial charge in [-0.15, -0.1) is 0 Å². The van der Waals surface area contributed by atoms with Gasteiger partial charge < -0.3 is 4.74 Å². The number of hydrogen-bond donors (Lipinski definition) is 0. The second kappa shape index (κ2) is 10.7. The maximum atomic E-state index is 12.3. The average molecular weight is 433 g/mol. The predicted molar refractivity (Wildman–Crippen MR) is 133 cm³/mol. The van der Waals surface area contributed by atoms with Gasteiger partial charge in [-0.25, -0.2) is 0 Å². The summed E-state index contributed by atoms with van der Waals surface area (Å²) in [5, 5.41) is 1.10. The third kappa shape index (κ3) is 5.63. The normalized spacial score (nSPS) is 13.3. The zero-order valence-electron chi connectivity index (χ0n) is 19.1. The SMILES string of the molecule is CCCC(CC)(Pc1ccccc1C(C)=O)c1cc(C)ccc1OCc1ccccc1. The molecule has 0 saturated carbocycles. The van der Waals surface area contributed by atoms with Gasteiger partial charge in [0.2, 0.25) is 0 Å². The molecule has 3 aromatic carbocycles. The largest absolute Gasteiger partial charge is 0.489 e. The second-order valence-electron chi connectivity index (χ2n) is 8.19. The minimum Gasteiger partial charge on any atom is -0.489 e. The van der Waals surface area contributed by atoms with Crippen LogP contribution >= 0.6 is 8.58 Å². The highest BCUT2D eigenvalue weighted by molar-refractivity contribution is 7.48. The van der Waals surface area contributed by atoms with Gasteiger partial charge in [0.25, 0.3) is 0 Å². The summed E-state index contributed by atoms with van der Waals surface area (Å²) in [6.45, 7) is 8.87. The molecule has 0 heterocycles. The first kappa shape index (κ1) is 23.2. The van der Waals surface area contributed by atoms with Crippen LogP contribution in [0.4, 0.5) is 0 Å². The Bertz CT molecular complexity index is 1010. The number of ether oxygens (including phenoxy) is 1. The highest BCUT2D eigenvalue weighted by atomic mass is 31.1. The molecule has 0 N–H and O–H groups in total. The van der Waals surface area contributed by atoms with Crippen molar-refractivity contribution in [2.45, 2.75) is 58.7 Å². The number of rotatable bonds is 10. The fourth-order valence-corrected chi connectivity index (χ4v) is 6.15. The summed E-state index contributed by atoms with van der Waals surface area (Å²) < 4.78 is 6.39. The molecule has 0 aliphatic heterocycles. The Morgan fingerprint density at radius 3 is 2.35 bits per heavy atom. The topological polar surface area (TPSA) is 26.3 Å². The average Bonchev–Trinajstić information content (AvgIpc) is 2.78. The summed E-state index contributed by atoms with van der Waals surface area (Å²) in [6.07, 6.45) is 3.13. The van der Waals surface area contributed by atoms with Crippen molar-refractivity contribution in [3.05, 3.63) is 95.1 Å². The van der Waals surface area contributed by atoms with Crippen LogP contribution < -0.4 is 10.0 Å². The van der Waals surface area contributed by atoms with Crippen molar-refractivity contribution in [2.24, 2.45) is 0 Å². The van der Waals surface area contributed by atoms with Crippen molar-refractivity contribution in [1.29, 1.82) is 0 Å². The predicted octanol–water partition coefficient (Wildman–Crippen LogP) is 7.19. The fraction of sp³-hybridized carbons (Fsp3) is 0.321. The molecule has 0 saturated heterocycles. The Morgan fingerprint density at radius 1 is 0.968 bits per heavy atom. The van der Waals surface area contributed by atoms with Gasteiger partial charge in [0.1, 0.15) is 12.4 Å². The molecule has 2 nitrogen and oxygen atoms in total. The molecule has 0 aromatic heterocycles. The number of ketones is 1. The van der Waals surface area contributed by atoms with Crippen LogP contribution in [0.5, 0.6) is 5.75 Å². The third-order valence-corrected chi connectivity index (χ3v) is 7.91. The smallest absolute Gasteiger partial charge is 0.160 e. The number of carbonyl (C=O) groups excluding carboxylic acids is 1. The third-order valence-electron chi connectivity index (χ3n) is 5.85. The van der Waals surface area contributed by atoms with Crippen molar-refractivity contribution in [1.82, 2.24) is 0 Å². The Kier molecular flexibility index (Phi) is 8.04. The molecule has 0 bridgehead atoms. The lowest BCUT2D eigenvalue weighted by Crippen LogP contribution is -2.25. The molecule has 3 heteroatoms. The van der Waals surface area contributed by atoms with Gasteiger partial charge in [-0.3, -0.25) is 4.79 Å². The highest BCUT2D eigenvalue weighted by Crippen LogP contribution is 2.51. The van der Waals surface area contributed by atoms with Crippen molar-refractivity contribution < 1.29 is 9.53 Å². The van der Waals surface area contributed by atoms with Gasteiger partial charge in [-0.2, -0.15) is 0 Å². The first-order valence-electron chi connectivity index (χ1n) is 11.1. The van der Waals surface area contributed by atoms with E-state index in [4.69, 9.17) is 4.74 Å². The summed E-state index contributed by atoms with van der Waals surface area (Å²) >= 11 is 0. The van der Waals surface area contributed by atoms with Crippen LogP contribution in [0, 0.1) is 6.92 Å². The maximum absolute atomic E-state index is 12.3. The van der Waals surface area contributed by atoms with E-state index in [2.05, 4.69) is 57.2 Å². The molecule has 0 aliphatic carbocycles. The Morgan fingerprint density at radius 2 is 1.68 bits per heavy atom. The zero-order chi connectivity index (χ0) is 22.3. The lowest BCUT2D eigenvalue weighted by Gasteiger charge is -2.36. The van der Waals surface area contributed by atoms with E-state index in [0.717, 1.165) is 41.4 Å². The first-order valence-corrected chi connectivity index (χ1v) is 12.1. The van der Waals surface area contributed by atoms with Crippen LogP contribution in [-0.2, 0) is 11.8 Å². The van der Waals surface area contributed by atoms with Crippen LogP contribution in [-0.4, -0.2) is 5.78 Å². The van der Waals surface area contributed by atoms with E-state index < -0.39 is 0 Å². The first-order chi connectivity index (χ1) is 15.0. The zero-order valence-corrected chi connectivity index (χ0v) is 20.1. The quantitative estimate of drug-likeness (QED) is 0.250. The van der Waals surface area contributed by atoms with Gasteiger partial charge >= 0.3 is 0 Å². The minimum absolute atomic E-state index is 0.0572. The van der Waals surface area contributed by atoms with Crippen LogP contribution in [0.25, 0.3) is 0 Å². The molecule has 3 rings (SSSR count). The van der Waals surface area contributed by atoms with Gasteiger partial charge in [0, 0.05) is 16.3 Å². The molecule has 2 unspecified atom stereocenters. The molecule has 0 radical (unpaired) electrons. The van der Waals surface area contributed by atoms with Gasteiger partial charge in [0.05, 0.1) is 0 Å². The Hall–Kier alpha value is -2.44. The van der Waals surface area contributed by atoms with Crippen LogP contribution in [0.3, 0.4) is 0 Å². The molecule has 2 atom stereocenters. The molecule has 3 aromatic rings. The standard InChI is InChI=1S/C28H33O2P/c1-5-18-28(6-2,31-27-15-11-10-14-24(27)22(4)29)25-19-21(3)16-17-26(25)30-20-23-12-8-7-9-13-23/h7-17,19,31H,5-6,18,20H2,1-4H3. The van der Waals surface area contributed by atoms with Crippen molar-refractivity contribution in [3.8, 4) is 5.75 Å². The van der Waals surface area contributed by atoms with E-state index >= 15 is 0 Å². The number of carbonyl (C=O) groups is 1. The second-order valence-corrected chi connectivity index (χ2v) is 9.93. The lowest BCUT2D eigenvalue weighted by molar-refractivity contribution is 0.101. The Balaban J connectivity index is 2.04. The monoisotopic (exact) mass is 432 g/mol. The highest BCUT2D eigenvalue weighted by Gasteiger charge is 2.34. The van der Waals surface area contributed by atoms with E-state index in [1.165, 1.54) is 11.1 Å². The summed E-state index contributed by atoms with van der Waals surface area (Å²) in [4.78, 5) is 12.3. The minimum atomic E-state index is -0.0572. The van der Waals surface area contributed by atoms with Gasteiger partial charge in [-0.1, -0.05) is 101 Å². The molecule has 0 aliphatic rings. The summed E-state index contributed by atoms with van der Waals surface area (Å²) in [6, 6.07) is 24.9. The van der Waals surface area contributed by atoms with Crippen molar-refractivity contribution >= 4 is 19.7 Å². The van der Waals surface area contributed by atoms with E-state index in [9.17, 15) is 4.79 Å². The summed E-state index contributed by atoms with van der Waals surface area (Å²) in [7, 11) is 0.505.